The molecule has 0 unspecified atom stereocenters. The second kappa shape index (κ2) is 5.09. The lowest BCUT2D eigenvalue weighted by atomic mass is 10.5. The molecular weight excluding hydrogens is 158 g/mol. The summed E-state index contributed by atoms with van der Waals surface area (Å²) in [6.45, 7) is 6.23. The van der Waals surface area contributed by atoms with Gasteiger partial charge in [0.15, 0.2) is 0 Å². The van der Waals surface area contributed by atoms with Gasteiger partial charge >= 0.3 is 0 Å². The van der Waals surface area contributed by atoms with Crippen LogP contribution in [0.5, 0.6) is 0 Å². The largest absolute Gasteiger partial charge is 0.323 e. The summed E-state index contributed by atoms with van der Waals surface area (Å²) in [5.41, 5.74) is 2.68. The molecule has 0 aliphatic carbocycles. The standard InChI is InChI=1S/C7H15NO2Si/c1-11(2,3)10-8-6-4-5-7-9/h4,6-8H,5H2,1-3H3. The molecule has 0 rings (SSSR count). The Morgan fingerprint density at radius 1 is 1.45 bits per heavy atom. The minimum atomic E-state index is -1.47. The average molecular weight is 173 g/mol. The van der Waals surface area contributed by atoms with E-state index < -0.39 is 8.32 Å². The molecule has 0 amide bonds. The molecule has 64 valence electrons. The summed E-state index contributed by atoms with van der Waals surface area (Å²) in [5.74, 6) is 0. The van der Waals surface area contributed by atoms with Crippen LogP contribution in [0.2, 0.25) is 19.6 Å². The second-order valence-corrected chi connectivity index (χ2v) is 7.57. The van der Waals surface area contributed by atoms with E-state index in [0.717, 1.165) is 6.29 Å². The Balaban J connectivity index is 3.34. The molecule has 0 atom stereocenters. The maximum atomic E-state index is 9.85. The number of aldehydes is 1. The molecule has 0 aromatic heterocycles. The third kappa shape index (κ3) is 9.39. The zero-order valence-electron chi connectivity index (χ0n) is 7.26. The van der Waals surface area contributed by atoms with Crippen LogP contribution in [0, 0.1) is 0 Å². The Labute approximate surface area is 68.5 Å². The Kier molecular flexibility index (Phi) is 4.81. The van der Waals surface area contributed by atoms with Crippen LogP contribution in [0.3, 0.4) is 0 Å². The van der Waals surface area contributed by atoms with Gasteiger partial charge in [-0.1, -0.05) is 6.08 Å². The van der Waals surface area contributed by atoms with Crippen molar-refractivity contribution in [1.82, 2.24) is 5.48 Å². The van der Waals surface area contributed by atoms with Gasteiger partial charge in [0.05, 0.1) is 0 Å². The van der Waals surface area contributed by atoms with Crippen molar-refractivity contribution in [2.75, 3.05) is 0 Å². The van der Waals surface area contributed by atoms with Crippen molar-refractivity contribution in [2.45, 2.75) is 26.1 Å². The molecule has 4 heteroatoms. The van der Waals surface area contributed by atoms with Crippen molar-refractivity contribution in [3.8, 4) is 0 Å². The molecule has 0 saturated carbocycles. The van der Waals surface area contributed by atoms with E-state index in [1.54, 1.807) is 12.3 Å². The van der Waals surface area contributed by atoms with Gasteiger partial charge < -0.3 is 9.32 Å². The van der Waals surface area contributed by atoms with Crippen molar-refractivity contribution in [3.05, 3.63) is 12.3 Å². The summed E-state index contributed by atoms with van der Waals surface area (Å²) in [5, 5.41) is 0. The summed E-state index contributed by atoms with van der Waals surface area (Å²) < 4.78 is 5.26. The maximum absolute atomic E-state index is 9.85. The number of nitrogens with one attached hydrogen (secondary N) is 1. The topological polar surface area (TPSA) is 38.3 Å². The number of carbonyl (C=O) groups is 1. The van der Waals surface area contributed by atoms with E-state index >= 15 is 0 Å². The average Bonchev–Trinajstić information content (AvgIpc) is 1.85. The van der Waals surface area contributed by atoms with Crippen molar-refractivity contribution in [1.29, 1.82) is 0 Å². The molecule has 0 aromatic carbocycles. The summed E-state index contributed by atoms with van der Waals surface area (Å²) in [6.07, 6.45) is 4.63. The first-order valence-corrected chi connectivity index (χ1v) is 6.99. The molecule has 0 aromatic rings. The minimum absolute atomic E-state index is 0.433. The molecule has 0 aliphatic heterocycles. The van der Waals surface area contributed by atoms with Gasteiger partial charge in [-0.25, -0.2) is 0 Å². The van der Waals surface area contributed by atoms with Gasteiger partial charge in [-0.05, 0) is 19.6 Å². The van der Waals surface area contributed by atoms with E-state index in [1.807, 2.05) is 0 Å². The van der Waals surface area contributed by atoms with E-state index in [-0.39, 0.29) is 0 Å². The Morgan fingerprint density at radius 3 is 2.55 bits per heavy atom. The van der Waals surface area contributed by atoms with Crippen LogP contribution in [0.25, 0.3) is 0 Å². The fourth-order valence-electron chi connectivity index (χ4n) is 0.383. The third-order valence-corrected chi connectivity index (χ3v) is 1.51. The predicted molar refractivity (Wildman–Crippen MR) is 47.4 cm³/mol. The zero-order chi connectivity index (χ0) is 8.74. The first kappa shape index (κ1) is 10.4. The van der Waals surface area contributed by atoms with Gasteiger partial charge in [0.25, 0.3) is 0 Å². The fourth-order valence-corrected chi connectivity index (χ4v) is 0.804. The lowest BCUT2D eigenvalue weighted by molar-refractivity contribution is -0.107. The van der Waals surface area contributed by atoms with Crippen LogP contribution < -0.4 is 5.48 Å². The second-order valence-electron chi connectivity index (χ2n) is 3.14. The van der Waals surface area contributed by atoms with Gasteiger partial charge in [0.1, 0.15) is 6.29 Å². The van der Waals surface area contributed by atoms with Crippen molar-refractivity contribution in [3.63, 3.8) is 0 Å². The predicted octanol–water partition coefficient (Wildman–Crippen LogP) is 1.45. The highest BCUT2D eigenvalue weighted by Crippen LogP contribution is 1.98. The number of allylic oxidation sites excluding steroid dienone is 1. The van der Waals surface area contributed by atoms with Crippen LogP contribution in [-0.4, -0.2) is 14.6 Å². The van der Waals surface area contributed by atoms with E-state index in [0.29, 0.717) is 6.42 Å². The fraction of sp³-hybridized carbons (Fsp3) is 0.571. The van der Waals surface area contributed by atoms with E-state index in [2.05, 4.69) is 25.1 Å². The highest BCUT2D eigenvalue weighted by Gasteiger charge is 2.13. The minimum Gasteiger partial charge on any atom is -0.323 e. The summed E-state index contributed by atoms with van der Waals surface area (Å²) in [4.78, 5) is 9.85. The molecule has 0 fully saturated rings. The van der Waals surface area contributed by atoms with Crippen LogP contribution in [-0.2, 0) is 9.32 Å². The summed E-state index contributed by atoms with van der Waals surface area (Å²) >= 11 is 0. The molecule has 0 heterocycles. The van der Waals surface area contributed by atoms with Crippen LogP contribution in [0.4, 0.5) is 0 Å². The summed E-state index contributed by atoms with van der Waals surface area (Å²) in [7, 11) is -1.47. The first-order valence-electron chi connectivity index (χ1n) is 3.58. The summed E-state index contributed by atoms with van der Waals surface area (Å²) in [6, 6.07) is 0. The number of hydrogen-bond acceptors (Lipinski definition) is 3. The number of hydrogen-bond donors (Lipinski definition) is 1. The Bertz CT molecular complexity index is 140. The Morgan fingerprint density at radius 2 is 2.09 bits per heavy atom. The zero-order valence-corrected chi connectivity index (χ0v) is 8.26. The molecular formula is C7H15NO2Si. The van der Waals surface area contributed by atoms with Gasteiger partial charge in [0.2, 0.25) is 8.32 Å². The lowest BCUT2D eigenvalue weighted by Crippen LogP contribution is -2.30. The SMILES string of the molecule is C[Si](C)(C)ONC=CCC=O. The molecule has 0 spiro atoms. The molecule has 0 aliphatic rings. The highest BCUT2D eigenvalue weighted by atomic mass is 28.4. The van der Waals surface area contributed by atoms with E-state index in [4.69, 9.17) is 4.53 Å². The quantitative estimate of drug-likeness (QED) is 0.388. The smallest absolute Gasteiger partial charge is 0.220 e. The van der Waals surface area contributed by atoms with Gasteiger partial charge in [-0.2, -0.15) is 0 Å². The van der Waals surface area contributed by atoms with E-state index in [9.17, 15) is 4.79 Å². The van der Waals surface area contributed by atoms with E-state index in [1.165, 1.54) is 0 Å². The lowest BCUT2D eigenvalue weighted by Gasteiger charge is -2.15. The van der Waals surface area contributed by atoms with Gasteiger partial charge in [-0.3, -0.25) is 5.48 Å². The molecule has 0 saturated heterocycles. The van der Waals surface area contributed by atoms with Crippen molar-refractivity contribution in [2.24, 2.45) is 0 Å². The number of carbonyl (C=O) groups excluding carboxylic acids is 1. The maximum Gasteiger partial charge on any atom is 0.220 e. The number of rotatable bonds is 5. The van der Waals surface area contributed by atoms with Crippen LogP contribution in [0.1, 0.15) is 6.42 Å². The highest BCUT2D eigenvalue weighted by molar-refractivity contribution is 6.69. The Hall–Kier alpha value is -0.613. The van der Waals surface area contributed by atoms with Crippen LogP contribution >= 0.6 is 0 Å². The third-order valence-electron chi connectivity index (χ3n) is 0.783. The van der Waals surface area contributed by atoms with Gasteiger partial charge in [0, 0.05) is 12.6 Å². The monoisotopic (exact) mass is 173 g/mol. The van der Waals surface area contributed by atoms with Crippen molar-refractivity contribution < 1.29 is 9.32 Å². The molecule has 0 bridgehead atoms. The van der Waals surface area contributed by atoms with Crippen molar-refractivity contribution >= 4 is 14.6 Å². The molecule has 11 heavy (non-hydrogen) atoms. The van der Waals surface area contributed by atoms with Gasteiger partial charge in [-0.15, -0.1) is 0 Å². The first-order chi connectivity index (χ1) is 5.06. The van der Waals surface area contributed by atoms with Crippen LogP contribution in [0.15, 0.2) is 12.3 Å². The number of hydroxylamine groups is 1. The molecule has 0 radical (unpaired) electrons. The molecule has 3 nitrogen and oxygen atoms in total. The molecule has 1 N–H and O–H groups in total. The normalized spacial score (nSPS) is 11.9.